The van der Waals surface area contributed by atoms with E-state index in [0.29, 0.717) is 0 Å². The Morgan fingerprint density at radius 3 is 2.33 bits per heavy atom. The van der Waals surface area contributed by atoms with Crippen LogP contribution in [0.25, 0.3) is 0 Å². The second kappa shape index (κ2) is 2.66. The Morgan fingerprint density at radius 2 is 2.33 bits per heavy atom. The molecule has 0 saturated carbocycles. The summed E-state index contributed by atoms with van der Waals surface area (Å²) in [4.78, 5) is 10.5. The van der Waals surface area contributed by atoms with Crippen LogP contribution in [0.2, 0.25) is 0 Å². The van der Waals surface area contributed by atoms with Crippen LogP contribution in [0.1, 0.15) is 6.92 Å². The topological polar surface area (TPSA) is 40.9 Å². The van der Waals surface area contributed by atoms with Crippen molar-refractivity contribution < 1.29 is 4.79 Å². The summed E-state index contributed by atoms with van der Waals surface area (Å²) >= 11 is 2.61. The number of carbonyl (C=O) groups excluding carboxylic acids is 1. The highest BCUT2D eigenvalue weighted by molar-refractivity contribution is 9.18. The quantitative estimate of drug-likeness (QED) is 0.454. The minimum Gasteiger partial charge on any atom is -0.284 e. The first-order chi connectivity index (χ1) is 4.06. The average molecular weight is 186 g/mol. The average Bonchev–Trinajstić information content (AvgIpc) is 1.86. The molecule has 0 radical (unpaired) electrons. The molecule has 2 nitrogen and oxygen atoms in total. The Balaban J connectivity index is 4.60. The van der Waals surface area contributed by atoms with Gasteiger partial charge in [0.2, 0.25) is 4.69 Å². The van der Waals surface area contributed by atoms with Crippen molar-refractivity contribution in [2.45, 2.75) is 6.92 Å². The van der Waals surface area contributed by atoms with Gasteiger partial charge in [-0.05, 0) is 22.9 Å². The highest BCUT2D eigenvalue weighted by atomic mass is 79.9. The lowest BCUT2D eigenvalue weighted by Crippen LogP contribution is -2.17. The molecule has 0 rings (SSSR count). The molecule has 3 heteroatoms. The van der Waals surface area contributed by atoms with E-state index in [4.69, 9.17) is 11.7 Å². The van der Waals surface area contributed by atoms with Gasteiger partial charge in [-0.25, -0.2) is 0 Å². The number of carbonyl (C=O) groups is 1. The molecule has 0 N–H and O–H groups in total. The number of terminal acetylenes is 1. The molecule has 0 amide bonds. The number of hydrogen-bond acceptors (Lipinski definition) is 2. The van der Waals surface area contributed by atoms with E-state index in [9.17, 15) is 4.79 Å². The van der Waals surface area contributed by atoms with E-state index < -0.39 is 10.1 Å². The molecule has 0 saturated heterocycles. The van der Waals surface area contributed by atoms with E-state index in [1.807, 2.05) is 0 Å². The van der Waals surface area contributed by atoms with Gasteiger partial charge >= 0.3 is 0 Å². The first-order valence-electron chi connectivity index (χ1n) is 2.16. The van der Waals surface area contributed by atoms with Gasteiger partial charge in [-0.15, -0.1) is 6.42 Å². The zero-order valence-electron chi connectivity index (χ0n) is 4.81. The molecular weight excluding hydrogens is 182 g/mol. The Kier molecular flexibility index (Phi) is 2.42. The lowest BCUT2D eigenvalue weighted by atomic mass is 9.97. The molecule has 0 aromatic rings. The van der Waals surface area contributed by atoms with Crippen LogP contribution in [-0.4, -0.2) is 4.69 Å². The summed E-state index contributed by atoms with van der Waals surface area (Å²) < 4.78 is -0.472. The van der Waals surface area contributed by atoms with Crippen LogP contribution in [0.3, 0.4) is 0 Å². The van der Waals surface area contributed by atoms with Gasteiger partial charge in [-0.1, -0.05) is 5.92 Å². The Bertz CT molecular complexity index is 194. The second-order valence-electron chi connectivity index (χ2n) is 1.65. The first kappa shape index (κ1) is 8.20. The normalized spacial score (nSPS) is 14.7. The van der Waals surface area contributed by atoms with Crippen LogP contribution < -0.4 is 0 Å². The van der Waals surface area contributed by atoms with Crippen molar-refractivity contribution in [3.63, 3.8) is 0 Å². The third-order valence-corrected chi connectivity index (χ3v) is 1.70. The molecule has 0 aromatic heterocycles. The first-order valence-corrected chi connectivity index (χ1v) is 2.95. The molecule has 0 aliphatic heterocycles. The molecule has 0 aliphatic carbocycles. The van der Waals surface area contributed by atoms with Gasteiger partial charge in [0.25, 0.3) is 0 Å². The van der Waals surface area contributed by atoms with E-state index in [0.717, 1.165) is 0 Å². The highest BCUT2D eigenvalue weighted by Gasteiger charge is 2.27. The van der Waals surface area contributed by atoms with Crippen molar-refractivity contribution in [1.82, 2.24) is 0 Å². The van der Waals surface area contributed by atoms with E-state index in [-0.39, 0.29) is 0 Å². The Morgan fingerprint density at radius 1 is 1.89 bits per heavy atom. The van der Waals surface area contributed by atoms with Gasteiger partial charge in [0.05, 0.1) is 6.07 Å². The Hall–Kier alpha value is -0.800. The van der Waals surface area contributed by atoms with Gasteiger partial charge in [0.1, 0.15) is 0 Å². The van der Waals surface area contributed by atoms with Crippen molar-refractivity contribution >= 4 is 20.6 Å². The molecule has 46 valence electrons. The van der Waals surface area contributed by atoms with Gasteiger partial charge in [-0.2, -0.15) is 5.26 Å². The molecule has 1 unspecified atom stereocenters. The molecule has 0 spiro atoms. The van der Waals surface area contributed by atoms with Crippen molar-refractivity contribution in [2.24, 2.45) is 5.41 Å². The van der Waals surface area contributed by atoms with Crippen molar-refractivity contribution in [2.75, 3.05) is 0 Å². The van der Waals surface area contributed by atoms with Crippen molar-refractivity contribution in [1.29, 1.82) is 5.26 Å². The highest BCUT2D eigenvalue weighted by Crippen LogP contribution is 2.17. The molecular formula is C6H4BrNO. The standard InChI is InChI=1S/C6H4BrNO/c1-3-6(2,4-8)5(7)9/h1H,2H3. The lowest BCUT2D eigenvalue weighted by Gasteiger charge is -2.04. The van der Waals surface area contributed by atoms with Crippen LogP contribution in [0.5, 0.6) is 0 Å². The van der Waals surface area contributed by atoms with Gasteiger partial charge in [-0.3, -0.25) is 4.79 Å². The maximum absolute atomic E-state index is 10.5. The predicted octanol–water partition coefficient (Wildman–Crippen LogP) is 1.07. The summed E-state index contributed by atoms with van der Waals surface area (Å²) in [5.41, 5.74) is -1.31. The Labute approximate surface area is 62.0 Å². The zero-order chi connectivity index (χ0) is 7.49. The number of nitrogens with zero attached hydrogens (tertiary/aromatic N) is 1. The summed E-state index contributed by atoms with van der Waals surface area (Å²) in [5, 5.41) is 8.31. The molecule has 0 fully saturated rings. The van der Waals surface area contributed by atoms with Gasteiger partial charge < -0.3 is 0 Å². The van der Waals surface area contributed by atoms with Crippen LogP contribution in [0, 0.1) is 29.1 Å². The minimum atomic E-state index is -1.31. The van der Waals surface area contributed by atoms with Crippen molar-refractivity contribution in [3.8, 4) is 18.4 Å². The fourth-order valence-electron chi connectivity index (χ4n) is 0.133. The molecule has 0 bridgehead atoms. The SMILES string of the molecule is C#CC(C)(C#N)C(=O)Br. The predicted molar refractivity (Wildman–Crippen MR) is 36.5 cm³/mol. The summed E-state index contributed by atoms with van der Waals surface area (Å²) in [6.45, 7) is 1.38. The third-order valence-electron chi connectivity index (χ3n) is 0.905. The van der Waals surface area contributed by atoms with Gasteiger partial charge in [0.15, 0.2) is 5.41 Å². The van der Waals surface area contributed by atoms with Gasteiger partial charge in [0, 0.05) is 0 Å². The number of hydrogen-bond donors (Lipinski definition) is 0. The summed E-state index contributed by atoms with van der Waals surface area (Å²) in [6.07, 6.45) is 4.90. The monoisotopic (exact) mass is 185 g/mol. The smallest absolute Gasteiger partial charge is 0.229 e. The summed E-state index contributed by atoms with van der Waals surface area (Å²) in [5.74, 6) is 2.07. The van der Waals surface area contributed by atoms with Crippen LogP contribution in [0.4, 0.5) is 0 Å². The van der Waals surface area contributed by atoms with Crippen LogP contribution in [0.15, 0.2) is 0 Å². The van der Waals surface area contributed by atoms with E-state index in [1.54, 1.807) is 6.07 Å². The fraction of sp³-hybridized carbons (Fsp3) is 0.333. The largest absolute Gasteiger partial charge is 0.284 e. The molecule has 0 heterocycles. The number of halogens is 1. The lowest BCUT2D eigenvalue weighted by molar-refractivity contribution is -0.113. The van der Waals surface area contributed by atoms with E-state index in [2.05, 4.69) is 21.9 Å². The minimum absolute atomic E-state index is 0.472. The zero-order valence-corrected chi connectivity index (χ0v) is 6.40. The van der Waals surface area contributed by atoms with Crippen molar-refractivity contribution in [3.05, 3.63) is 0 Å². The van der Waals surface area contributed by atoms with Crippen LogP contribution in [-0.2, 0) is 4.79 Å². The van der Waals surface area contributed by atoms with E-state index in [1.165, 1.54) is 6.92 Å². The maximum atomic E-state index is 10.5. The molecule has 9 heavy (non-hydrogen) atoms. The maximum Gasteiger partial charge on any atom is 0.229 e. The molecule has 0 aromatic carbocycles. The fourth-order valence-corrected chi connectivity index (χ4v) is 0.336. The summed E-state index contributed by atoms with van der Waals surface area (Å²) in [6, 6.07) is 1.70. The molecule has 0 aliphatic rings. The second-order valence-corrected chi connectivity index (χ2v) is 2.38. The number of rotatable bonds is 1. The third kappa shape index (κ3) is 1.55. The van der Waals surface area contributed by atoms with Crippen LogP contribution >= 0.6 is 15.9 Å². The molecule has 1 atom stereocenters. The summed E-state index contributed by atoms with van der Waals surface area (Å²) in [7, 11) is 0. The van der Waals surface area contributed by atoms with E-state index >= 15 is 0 Å². The number of nitriles is 1.